The Hall–Kier alpha value is -3.77. The maximum absolute atomic E-state index is 15.1. The minimum Gasteiger partial charge on any atom is -0.511 e. The molecule has 1 aromatic rings. The number of rotatable bonds is 5. The van der Waals surface area contributed by atoms with Crippen molar-refractivity contribution in [2.24, 2.45) is 17.6 Å². The standard InChI is InChI=1S/C25H26FN3O8/c26-13-7-14(29-16(31)8-28-11-2-1-3-11)20(32)18-12(13)5-9-4-10-6-15(30)19(24(27)36)23(35)25(10,37)22(34)17(9)21(18)33/h7,9-11,28,30,32,34,37H,1-6,8H2,(H2,27,36)(H,29,31)/t9?,10-,25-/m0/s1. The van der Waals surface area contributed by atoms with Crippen LogP contribution in [0.15, 0.2) is 28.7 Å². The van der Waals surface area contributed by atoms with Crippen LogP contribution in [0, 0.1) is 17.7 Å². The second kappa shape index (κ2) is 8.67. The molecule has 196 valence electrons. The van der Waals surface area contributed by atoms with Crippen molar-refractivity contribution in [2.75, 3.05) is 11.9 Å². The van der Waals surface area contributed by atoms with Gasteiger partial charge in [-0.25, -0.2) is 4.39 Å². The molecule has 0 aliphatic heterocycles. The molecule has 0 radical (unpaired) electrons. The molecule has 1 saturated carbocycles. The summed E-state index contributed by atoms with van der Waals surface area (Å²) >= 11 is 0. The van der Waals surface area contributed by atoms with E-state index < -0.39 is 80.6 Å². The topological polar surface area (TPSA) is 199 Å². The number of ketones is 2. The molecular formula is C25H26FN3O8. The van der Waals surface area contributed by atoms with Gasteiger partial charge in [-0.05, 0) is 31.6 Å². The predicted octanol–water partition coefficient (Wildman–Crippen LogP) is 0.800. The van der Waals surface area contributed by atoms with Crippen LogP contribution in [0.3, 0.4) is 0 Å². The summed E-state index contributed by atoms with van der Waals surface area (Å²) in [6.07, 6.45) is 2.30. The number of phenols is 1. The number of nitrogens with one attached hydrogen (secondary N) is 2. The van der Waals surface area contributed by atoms with Gasteiger partial charge < -0.3 is 36.8 Å². The number of aromatic hydroxyl groups is 1. The molecule has 4 aliphatic carbocycles. The Morgan fingerprint density at radius 1 is 1.16 bits per heavy atom. The quantitative estimate of drug-likeness (QED) is 0.219. The van der Waals surface area contributed by atoms with Gasteiger partial charge in [0.1, 0.15) is 22.9 Å². The molecule has 12 heteroatoms. The first-order chi connectivity index (χ1) is 17.4. The van der Waals surface area contributed by atoms with Crippen LogP contribution in [0.2, 0.25) is 0 Å². The third kappa shape index (κ3) is 3.70. The first-order valence-corrected chi connectivity index (χ1v) is 12.0. The summed E-state index contributed by atoms with van der Waals surface area (Å²) in [6.45, 7) is -0.0795. The lowest BCUT2D eigenvalue weighted by molar-refractivity contribution is -0.144. The number of hydrogen-bond donors (Lipinski definition) is 7. The lowest BCUT2D eigenvalue weighted by Gasteiger charge is -2.45. The summed E-state index contributed by atoms with van der Waals surface area (Å²) in [7, 11) is 0. The molecule has 0 aromatic heterocycles. The van der Waals surface area contributed by atoms with Gasteiger partial charge in [-0.2, -0.15) is 0 Å². The van der Waals surface area contributed by atoms with Crippen molar-refractivity contribution >= 4 is 29.1 Å². The van der Waals surface area contributed by atoms with Crippen LogP contribution in [0.5, 0.6) is 5.75 Å². The smallest absolute Gasteiger partial charge is 0.255 e. The molecule has 1 aromatic carbocycles. The van der Waals surface area contributed by atoms with E-state index in [9.17, 15) is 39.6 Å². The number of aliphatic hydroxyl groups is 3. The van der Waals surface area contributed by atoms with Crippen LogP contribution in [0.4, 0.5) is 10.1 Å². The Labute approximate surface area is 209 Å². The zero-order valence-electron chi connectivity index (χ0n) is 19.6. The first kappa shape index (κ1) is 24.9. The molecule has 1 fully saturated rings. The summed E-state index contributed by atoms with van der Waals surface area (Å²) in [6, 6.07) is 1.12. The fourth-order valence-electron chi connectivity index (χ4n) is 5.78. The third-order valence-corrected chi connectivity index (χ3v) is 7.94. The summed E-state index contributed by atoms with van der Waals surface area (Å²) in [5, 5.41) is 48.7. The number of benzene rings is 1. The van der Waals surface area contributed by atoms with E-state index in [1.165, 1.54) is 0 Å². The van der Waals surface area contributed by atoms with Gasteiger partial charge in [-0.15, -0.1) is 0 Å². The van der Waals surface area contributed by atoms with Gasteiger partial charge in [0, 0.05) is 35.6 Å². The van der Waals surface area contributed by atoms with E-state index in [0.717, 1.165) is 25.3 Å². The zero-order valence-corrected chi connectivity index (χ0v) is 19.6. The van der Waals surface area contributed by atoms with Crippen LogP contribution in [-0.4, -0.2) is 62.0 Å². The van der Waals surface area contributed by atoms with Gasteiger partial charge in [-0.1, -0.05) is 6.42 Å². The van der Waals surface area contributed by atoms with E-state index in [2.05, 4.69) is 10.6 Å². The molecular weight excluding hydrogens is 489 g/mol. The number of carbonyl (C=O) groups is 4. The van der Waals surface area contributed by atoms with E-state index >= 15 is 4.39 Å². The van der Waals surface area contributed by atoms with E-state index in [4.69, 9.17) is 5.73 Å². The predicted molar refractivity (Wildman–Crippen MR) is 125 cm³/mol. The van der Waals surface area contributed by atoms with Crippen LogP contribution >= 0.6 is 0 Å². The fourth-order valence-corrected chi connectivity index (χ4v) is 5.78. The average molecular weight is 515 g/mol. The van der Waals surface area contributed by atoms with Gasteiger partial charge in [0.05, 0.1) is 17.8 Å². The van der Waals surface area contributed by atoms with Crippen molar-refractivity contribution in [2.45, 2.75) is 50.2 Å². The molecule has 0 heterocycles. The number of aliphatic hydroxyl groups excluding tert-OH is 2. The molecule has 8 N–H and O–H groups in total. The maximum atomic E-state index is 15.1. The minimum atomic E-state index is -2.71. The lowest BCUT2D eigenvalue weighted by atomic mass is 9.60. The number of allylic oxidation sites excluding steroid dienone is 2. The fraction of sp³-hybridized carbons (Fsp3) is 0.440. The van der Waals surface area contributed by atoms with Crippen molar-refractivity contribution in [1.29, 1.82) is 0 Å². The number of nitrogens with two attached hydrogens (primary N) is 1. The Bertz CT molecular complexity index is 1330. The van der Waals surface area contributed by atoms with Crippen LogP contribution < -0.4 is 16.4 Å². The van der Waals surface area contributed by atoms with Gasteiger partial charge in [0.15, 0.2) is 17.1 Å². The number of carbonyl (C=O) groups excluding carboxylic acids is 4. The molecule has 37 heavy (non-hydrogen) atoms. The Balaban J connectivity index is 1.52. The number of hydrogen-bond acceptors (Lipinski definition) is 9. The molecule has 5 rings (SSSR count). The zero-order chi connectivity index (χ0) is 26.8. The van der Waals surface area contributed by atoms with Crippen molar-refractivity contribution < 1.29 is 44.0 Å². The number of Topliss-reactive ketones (excluding diaryl/α,β-unsaturated/α-hetero) is 2. The summed E-state index contributed by atoms with van der Waals surface area (Å²) in [5.74, 6) is -9.42. The SMILES string of the molecule is NC(=O)C1=C(O)C[C@@H]2CC3Cc4c(F)cc(NC(=O)CNC5CCC5)c(O)c4C(=O)C3=C(O)[C@]2(O)C1=O. The largest absolute Gasteiger partial charge is 0.511 e. The van der Waals surface area contributed by atoms with Gasteiger partial charge in [0.25, 0.3) is 5.91 Å². The van der Waals surface area contributed by atoms with Crippen molar-refractivity contribution in [3.05, 3.63) is 45.7 Å². The highest BCUT2D eigenvalue weighted by Gasteiger charge is 2.59. The number of fused-ring (bicyclic) bond motifs is 3. The summed E-state index contributed by atoms with van der Waals surface area (Å²) < 4.78 is 15.1. The summed E-state index contributed by atoms with van der Waals surface area (Å²) in [4.78, 5) is 50.5. The Morgan fingerprint density at radius 3 is 2.49 bits per heavy atom. The molecule has 2 amide bonds. The highest BCUT2D eigenvalue weighted by atomic mass is 19.1. The Morgan fingerprint density at radius 2 is 1.86 bits per heavy atom. The minimum absolute atomic E-state index is 0.0795. The van der Waals surface area contributed by atoms with Crippen LogP contribution in [0.1, 0.15) is 48.0 Å². The number of halogens is 1. The van der Waals surface area contributed by atoms with Crippen molar-refractivity contribution in [3.63, 3.8) is 0 Å². The summed E-state index contributed by atoms with van der Waals surface area (Å²) in [5.41, 5.74) is 0.206. The van der Waals surface area contributed by atoms with E-state index in [-0.39, 0.29) is 43.1 Å². The highest BCUT2D eigenvalue weighted by molar-refractivity contribution is 6.24. The molecule has 3 atom stereocenters. The molecule has 0 spiro atoms. The third-order valence-electron chi connectivity index (χ3n) is 7.94. The first-order valence-electron chi connectivity index (χ1n) is 12.0. The van der Waals surface area contributed by atoms with E-state index in [1.807, 2.05) is 0 Å². The van der Waals surface area contributed by atoms with E-state index in [1.54, 1.807) is 0 Å². The normalized spacial score (nSPS) is 27.3. The second-order valence-electron chi connectivity index (χ2n) is 10.1. The molecule has 4 aliphatic rings. The number of primary amides is 1. The van der Waals surface area contributed by atoms with Gasteiger partial charge >= 0.3 is 0 Å². The highest BCUT2D eigenvalue weighted by Crippen LogP contribution is 2.52. The van der Waals surface area contributed by atoms with Crippen molar-refractivity contribution in [3.8, 4) is 5.75 Å². The number of amides is 2. The second-order valence-corrected chi connectivity index (χ2v) is 10.1. The molecule has 1 unspecified atom stereocenters. The van der Waals surface area contributed by atoms with Crippen LogP contribution in [-0.2, 0) is 20.8 Å². The van der Waals surface area contributed by atoms with E-state index in [0.29, 0.717) is 0 Å². The number of anilines is 1. The average Bonchev–Trinajstić information content (AvgIpc) is 2.78. The lowest BCUT2D eigenvalue weighted by Crippen LogP contribution is -2.57. The monoisotopic (exact) mass is 515 g/mol. The van der Waals surface area contributed by atoms with Crippen molar-refractivity contribution in [1.82, 2.24) is 5.32 Å². The maximum Gasteiger partial charge on any atom is 0.255 e. The molecule has 0 saturated heterocycles. The number of phenolic OH excluding ortho intramolecular Hbond substituents is 1. The Kier molecular flexibility index (Phi) is 5.83. The van der Waals surface area contributed by atoms with Gasteiger partial charge in [-0.3, -0.25) is 19.2 Å². The van der Waals surface area contributed by atoms with Crippen LogP contribution in [0.25, 0.3) is 0 Å². The molecule has 0 bridgehead atoms. The van der Waals surface area contributed by atoms with Gasteiger partial charge in [0.2, 0.25) is 11.7 Å². The molecule has 11 nitrogen and oxygen atoms in total.